The maximum Gasteiger partial charge on any atom is 0.234 e. The lowest BCUT2D eigenvalue weighted by Gasteiger charge is -2.15. The smallest absolute Gasteiger partial charge is 0.234 e. The van der Waals surface area contributed by atoms with Crippen LogP contribution in [0.25, 0.3) is 11.4 Å². The molecule has 1 atom stereocenters. The van der Waals surface area contributed by atoms with Gasteiger partial charge in [-0.1, -0.05) is 11.8 Å². The normalized spacial score (nSPS) is 17.0. The summed E-state index contributed by atoms with van der Waals surface area (Å²) in [5, 5.41) is 12.1. The zero-order chi connectivity index (χ0) is 21.9. The Morgan fingerprint density at radius 3 is 2.81 bits per heavy atom. The van der Waals surface area contributed by atoms with Gasteiger partial charge in [0, 0.05) is 17.9 Å². The van der Waals surface area contributed by atoms with E-state index >= 15 is 0 Å². The van der Waals surface area contributed by atoms with E-state index in [0.717, 1.165) is 25.0 Å². The van der Waals surface area contributed by atoms with Crippen molar-refractivity contribution >= 4 is 23.4 Å². The van der Waals surface area contributed by atoms with E-state index in [0.29, 0.717) is 34.7 Å². The number of aromatic nitrogens is 3. The summed E-state index contributed by atoms with van der Waals surface area (Å²) < 4.78 is 31.8. The molecule has 3 heterocycles. The van der Waals surface area contributed by atoms with Gasteiger partial charge in [-0.15, -0.1) is 10.2 Å². The molecule has 2 aliphatic rings. The molecule has 0 bridgehead atoms. The van der Waals surface area contributed by atoms with Crippen LogP contribution in [-0.4, -0.2) is 45.9 Å². The highest BCUT2D eigenvalue weighted by Crippen LogP contribution is 2.36. The number of nitrogens with one attached hydrogen (secondary N) is 1. The molecule has 5 rings (SSSR count). The van der Waals surface area contributed by atoms with E-state index in [1.807, 2.05) is 22.8 Å². The van der Waals surface area contributed by atoms with Gasteiger partial charge in [0.15, 0.2) is 22.5 Å². The van der Waals surface area contributed by atoms with Crippen LogP contribution in [0, 0.1) is 5.82 Å². The number of benzene rings is 2. The largest absolute Gasteiger partial charge is 0.454 e. The topological polar surface area (TPSA) is 87.5 Å². The maximum absolute atomic E-state index is 13.1. The van der Waals surface area contributed by atoms with Gasteiger partial charge >= 0.3 is 0 Å². The Labute approximate surface area is 188 Å². The molecule has 1 saturated heterocycles. The third-order valence-electron chi connectivity index (χ3n) is 5.22. The number of fused-ring (bicyclic) bond motifs is 1. The predicted octanol–water partition coefficient (Wildman–Crippen LogP) is 3.72. The number of hydrogen-bond acceptors (Lipinski definition) is 7. The summed E-state index contributed by atoms with van der Waals surface area (Å²) in [7, 11) is 0. The van der Waals surface area contributed by atoms with Crippen molar-refractivity contribution in [2.24, 2.45) is 0 Å². The van der Waals surface area contributed by atoms with Crippen LogP contribution in [0.1, 0.15) is 12.8 Å². The van der Waals surface area contributed by atoms with E-state index in [2.05, 4.69) is 15.5 Å². The monoisotopic (exact) mass is 456 g/mol. The maximum atomic E-state index is 13.1. The van der Waals surface area contributed by atoms with Crippen molar-refractivity contribution in [2.75, 3.05) is 24.5 Å². The lowest BCUT2D eigenvalue weighted by atomic mass is 10.2. The summed E-state index contributed by atoms with van der Waals surface area (Å²) in [6, 6.07) is 11.3. The molecule has 0 saturated carbocycles. The highest BCUT2D eigenvalue weighted by atomic mass is 32.2. The lowest BCUT2D eigenvalue weighted by Crippen LogP contribution is -2.18. The minimum atomic E-state index is -0.351. The van der Waals surface area contributed by atoms with Gasteiger partial charge in [-0.25, -0.2) is 4.39 Å². The Bertz CT molecular complexity index is 1120. The van der Waals surface area contributed by atoms with Crippen LogP contribution in [0.4, 0.5) is 10.1 Å². The molecule has 3 aromatic rings. The molecule has 8 nitrogen and oxygen atoms in total. The van der Waals surface area contributed by atoms with Crippen LogP contribution in [-0.2, 0) is 16.1 Å². The number of carbonyl (C=O) groups excluding carboxylic acids is 1. The summed E-state index contributed by atoms with van der Waals surface area (Å²) in [5.41, 5.74) is 1.39. The molecule has 2 aliphatic heterocycles. The van der Waals surface area contributed by atoms with E-state index < -0.39 is 0 Å². The van der Waals surface area contributed by atoms with E-state index in [9.17, 15) is 9.18 Å². The van der Waals surface area contributed by atoms with Gasteiger partial charge in [-0.05, 0) is 55.3 Å². The molecule has 2 aromatic carbocycles. The van der Waals surface area contributed by atoms with E-state index in [1.54, 1.807) is 0 Å². The quantitative estimate of drug-likeness (QED) is 0.542. The molecule has 0 aliphatic carbocycles. The van der Waals surface area contributed by atoms with Gasteiger partial charge in [0.2, 0.25) is 12.7 Å². The molecule has 0 radical (unpaired) electrons. The van der Waals surface area contributed by atoms with Crippen LogP contribution >= 0.6 is 11.8 Å². The summed E-state index contributed by atoms with van der Waals surface area (Å²) in [6.07, 6.45) is 2.06. The number of rotatable bonds is 7. The second-order valence-electron chi connectivity index (χ2n) is 7.46. The van der Waals surface area contributed by atoms with Crippen LogP contribution in [0.5, 0.6) is 11.5 Å². The van der Waals surface area contributed by atoms with Crippen LogP contribution in [0.3, 0.4) is 0 Å². The van der Waals surface area contributed by atoms with Crippen molar-refractivity contribution in [3.8, 4) is 22.9 Å². The van der Waals surface area contributed by atoms with Crippen molar-refractivity contribution in [1.82, 2.24) is 14.8 Å². The fraction of sp³-hybridized carbons (Fsp3) is 0.318. The van der Waals surface area contributed by atoms with Gasteiger partial charge in [0.25, 0.3) is 0 Å². The number of ether oxygens (including phenoxy) is 3. The number of nitrogens with zero attached hydrogens (tertiary/aromatic N) is 3. The molecular formula is C22H21FN4O4S. The van der Waals surface area contributed by atoms with Crippen molar-refractivity contribution in [3.63, 3.8) is 0 Å². The molecule has 0 unspecified atom stereocenters. The van der Waals surface area contributed by atoms with E-state index in [1.165, 1.54) is 36.0 Å². The van der Waals surface area contributed by atoms with Gasteiger partial charge in [-0.2, -0.15) is 0 Å². The zero-order valence-corrected chi connectivity index (χ0v) is 17.9. The van der Waals surface area contributed by atoms with Crippen molar-refractivity contribution < 1.29 is 23.4 Å². The van der Waals surface area contributed by atoms with Gasteiger partial charge < -0.3 is 19.5 Å². The number of halogens is 1. The number of carbonyl (C=O) groups is 1. The Balaban J connectivity index is 1.34. The first kappa shape index (κ1) is 20.8. The van der Waals surface area contributed by atoms with Crippen LogP contribution in [0.2, 0.25) is 0 Å². The molecule has 1 amide bonds. The molecule has 0 spiro atoms. The SMILES string of the molecule is O=C(CSc1nnc(-c2ccc3c(c2)OCO3)n1C[C@H]1CCCO1)Nc1ccc(F)cc1. The molecule has 1 N–H and O–H groups in total. The first-order chi connectivity index (χ1) is 15.7. The Morgan fingerprint density at radius 2 is 2.00 bits per heavy atom. The number of amides is 1. The Morgan fingerprint density at radius 1 is 1.16 bits per heavy atom. The summed E-state index contributed by atoms with van der Waals surface area (Å²) in [5.74, 6) is 1.63. The van der Waals surface area contributed by atoms with Gasteiger partial charge in [0.1, 0.15) is 5.82 Å². The molecule has 32 heavy (non-hydrogen) atoms. The van der Waals surface area contributed by atoms with Crippen molar-refractivity contribution in [2.45, 2.75) is 30.6 Å². The average molecular weight is 456 g/mol. The van der Waals surface area contributed by atoms with Crippen molar-refractivity contribution in [3.05, 3.63) is 48.3 Å². The van der Waals surface area contributed by atoms with Gasteiger partial charge in [-0.3, -0.25) is 9.36 Å². The summed E-state index contributed by atoms with van der Waals surface area (Å²) >= 11 is 1.29. The number of hydrogen-bond donors (Lipinski definition) is 1. The number of thioether (sulfide) groups is 1. The average Bonchev–Trinajstić information content (AvgIpc) is 3.55. The molecule has 166 valence electrons. The first-order valence-corrected chi connectivity index (χ1v) is 11.3. The number of anilines is 1. The third-order valence-corrected chi connectivity index (χ3v) is 6.18. The first-order valence-electron chi connectivity index (χ1n) is 10.3. The lowest BCUT2D eigenvalue weighted by molar-refractivity contribution is -0.113. The fourth-order valence-electron chi connectivity index (χ4n) is 3.66. The summed E-state index contributed by atoms with van der Waals surface area (Å²) in [4.78, 5) is 12.4. The Hall–Kier alpha value is -3.11. The fourth-order valence-corrected chi connectivity index (χ4v) is 4.41. The van der Waals surface area contributed by atoms with E-state index in [4.69, 9.17) is 14.2 Å². The second-order valence-corrected chi connectivity index (χ2v) is 8.41. The highest BCUT2D eigenvalue weighted by Gasteiger charge is 2.23. The van der Waals surface area contributed by atoms with Crippen LogP contribution < -0.4 is 14.8 Å². The van der Waals surface area contributed by atoms with E-state index in [-0.39, 0.29) is 30.4 Å². The molecule has 10 heteroatoms. The Kier molecular flexibility index (Phi) is 5.95. The molecule has 1 aromatic heterocycles. The summed E-state index contributed by atoms with van der Waals surface area (Å²) in [6.45, 7) is 1.54. The van der Waals surface area contributed by atoms with Crippen molar-refractivity contribution in [1.29, 1.82) is 0 Å². The predicted molar refractivity (Wildman–Crippen MR) is 116 cm³/mol. The van der Waals surface area contributed by atoms with Gasteiger partial charge in [0.05, 0.1) is 18.4 Å². The minimum Gasteiger partial charge on any atom is -0.454 e. The molecular weight excluding hydrogens is 435 g/mol. The second kappa shape index (κ2) is 9.17. The third kappa shape index (κ3) is 4.56. The van der Waals surface area contributed by atoms with Crippen LogP contribution in [0.15, 0.2) is 47.6 Å². The minimum absolute atomic E-state index is 0.0751. The molecule has 1 fully saturated rings. The highest BCUT2D eigenvalue weighted by molar-refractivity contribution is 7.99. The standard InChI is InChI=1S/C22H21FN4O4S/c23-15-4-6-16(7-5-15)24-20(28)12-32-22-26-25-21(27(22)11-17-2-1-9-29-17)14-3-8-18-19(10-14)31-13-30-18/h3-8,10,17H,1-2,9,11-13H2,(H,24,28)/t17-/m1/s1. The zero-order valence-electron chi connectivity index (χ0n) is 17.1.